The zero-order chi connectivity index (χ0) is 13.6. The first-order valence-corrected chi connectivity index (χ1v) is 9.74. The van der Waals surface area contributed by atoms with Crippen LogP contribution in [-0.4, -0.2) is 31.9 Å². The Morgan fingerprint density at radius 2 is 1.05 bits per heavy atom. The molecule has 0 unspecified atom stereocenters. The summed E-state index contributed by atoms with van der Waals surface area (Å²) in [6.07, 6.45) is 0. The van der Waals surface area contributed by atoms with Crippen LogP contribution in [0.4, 0.5) is 0 Å². The summed E-state index contributed by atoms with van der Waals surface area (Å²) < 4.78 is 12.1. The topological polar surface area (TPSA) is 52.6 Å². The van der Waals surface area contributed by atoms with E-state index < -0.39 is 19.0 Å². The van der Waals surface area contributed by atoms with Crippen molar-refractivity contribution in [3.63, 3.8) is 0 Å². The number of carbonyl (C=O) groups is 2. The molecule has 0 atom stereocenters. The minimum atomic E-state index is -3.92. The van der Waals surface area contributed by atoms with E-state index >= 15 is 0 Å². The first-order chi connectivity index (χ1) is 9.33. The number of benzene rings is 2. The fourth-order valence-corrected chi connectivity index (χ4v) is 7.44. The molecule has 98 valence electrons. The standard InChI is InChI=1S/C14H12O4Te/c15-11-17-19(18-12-16,13-7-3-1-4-8-13)14-9-5-2-6-10-14/h1-12H. The molecule has 0 bridgehead atoms. The molecule has 0 aromatic heterocycles. The average molecular weight is 372 g/mol. The van der Waals surface area contributed by atoms with Crippen molar-refractivity contribution >= 4 is 39.2 Å². The van der Waals surface area contributed by atoms with E-state index in [1.807, 2.05) is 36.4 Å². The molecule has 2 rings (SSSR count). The maximum absolute atomic E-state index is 10.9. The Kier molecular flexibility index (Phi) is 4.56. The van der Waals surface area contributed by atoms with E-state index in [9.17, 15) is 9.59 Å². The van der Waals surface area contributed by atoms with Gasteiger partial charge in [-0.05, 0) is 0 Å². The van der Waals surface area contributed by atoms with E-state index in [0.717, 1.165) is 7.22 Å². The summed E-state index contributed by atoms with van der Waals surface area (Å²) in [7, 11) is 0. The summed E-state index contributed by atoms with van der Waals surface area (Å²) in [5.74, 6) is 0. The van der Waals surface area contributed by atoms with Crippen molar-refractivity contribution in [2.45, 2.75) is 0 Å². The van der Waals surface area contributed by atoms with Crippen LogP contribution in [0.2, 0.25) is 0 Å². The van der Waals surface area contributed by atoms with Gasteiger partial charge in [-0.25, -0.2) is 0 Å². The average Bonchev–Trinajstić information content (AvgIpc) is 2.49. The van der Waals surface area contributed by atoms with Crippen molar-refractivity contribution in [1.29, 1.82) is 0 Å². The molecule has 0 spiro atoms. The van der Waals surface area contributed by atoms with Crippen molar-refractivity contribution in [2.75, 3.05) is 0 Å². The Morgan fingerprint density at radius 3 is 1.37 bits per heavy atom. The predicted molar refractivity (Wildman–Crippen MR) is 72.2 cm³/mol. The fourth-order valence-electron chi connectivity index (χ4n) is 1.69. The summed E-state index contributed by atoms with van der Waals surface area (Å²) in [5, 5.41) is 0. The van der Waals surface area contributed by atoms with Crippen LogP contribution in [0.3, 0.4) is 0 Å². The van der Waals surface area contributed by atoms with Gasteiger partial charge >= 0.3 is 116 Å². The van der Waals surface area contributed by atoms with Gasteiger partial charge in [0, 0.05) is 0 Å². The van der Waals surface area contributed by atoms with E-state index in [1.165, 1.54) is 0 Å². The van der Waals surface area contributed by atoms with Gasteiger partial charge in [-0.3, -0.25) is 0 Å². The molecule has 5 heteroatoms. The van der Waals surface area contributed by atoms with E-state index in [-0.39, 0.29) is 0 Å². The van der Waals surface area contributed by atoms with Crippen molar-refractivity contribution in [1.82, 2.24) is 0 Å². The van der Waals surface area contributed by atoms with E-state index in [2.05, 4.69) is 0 Å². The third kappa shape index (κ3) is 2.78. The van der Waals surface area contributed by atoms with Gasteiger partial charge in [0.2, 0.25) is 0 Å². The Bertz CT molecular complexity index is 490. The fraction of sp³-hybridized carbons (Fsp3) is 0. The normalized spacial score (nSPS) is 11.4. The Labute approximate surface area is 115 Å². The summed E-state index contributed by atoms with van der Waals surface area (Å²) in [4.78, 5) is 21.7. The Hall–Kier alpha value is -1.83. The predicted octanol–water partition coefficient (Wildman–Crippen LogP) is 0.589. The molecule has 0 N–H and O–H groups in total. The number of hydrogen-bond donors (Lipinski definition) is 0. The molecular weight excluding hydrogens is 360 g/mol. The van der Waals surface area contributed by atoms with Crippen molar-refractivity contribution in [3.8, 4) is 0 Å². The summed E-state index contributed by atoms with van der Waals surface area (Å²) in [5.41, 5.74) is 0. The molecule has 0 heterocycles. The first-order valence-electron chi connectivity index (χ1n) is 5.51. The first kappa shape index (κ1) is 13.6. The molecule has 0 saturated carbocycles. The maximum atomic E-state index is 10.9. The number of rotatable bonds is 6. The van der Waals surface area contributed by atoms with Crippen LogP contribution in [0.5, 0.6) is 0 Å². The zero-order valence-corrected chi connectivity index (χ0v) is 12.3. The van der Waals surface area contributed by atoms with Gasteiger partial charge in [0.25, 0.3) is 0 Å². The second-order valence-electron chi connectivity index (χ2n) is 3.51. The summed E-state index contributed by atoms with van der Waals surface area (Å²) in [6, 6.07) is 18.2. The van der Waals surface area contributed by atoms with E-state index in [0.29, 0.717) is 12.9 Å². The molecule has 0 aliphatic carbocycles. The molecule has 0 aliphatic heterocycles. The monoisotopic (exact) mass is 374 g/mol. The van der Waals surface area contributed by atoms with Gasteiger partial charge in [0.1, 0.15) is 0 Å². The van der Waals surface area contributed by atoms with Crippen LogP contribution < -0.4 is 7.22 Å². The van der Waals surface area contributed by atoms with Crippen LogP contribution in [-0.2, 0) is 15.8 Å². The van der Waals surface area contributed by atoms with Crippen LogP contribution in [0.1, 0.15) is 0 Å². The van der Waals surface area contributed by atoms with Crippen molar-refractivity contribution in [3.05, 3.63) is 60.7 Å². The van der Waals surface area contributed by atoms with E-state index in [4.69, 9.17) is 6.20 Å². The third-order valence-corrected chi connectivity index (χ3v) is 9.55. The minimum absolute atomic E-state index is 0.352. The van der Waals surface area contributed by atoms with Crippen molar-refractivity contribution < 1.29 is 15.8 Å². The van der Waals surface area contributed by atoms with Crippen molar-refractivity contribution in [2.24, 2.45) is 0 Å². The van der Waals surface area contributed by atoms with Gasteiger partial charge < -0.3 is 0 Å². The zero-order valence-electron chi connectivity index (χ0n) is 9.97. The van der Waals surface area contributed by atoms with Gasteiger partial charge in [-0.2, -0.15) is 0 Å². The molecule has 2 aromatic rings. The second-order valence-corrected chi connectivity index (χ2v) is 10.2. The molecule has 0 aliphatic rings. The van der Waals surface area contributed by atoms with Crippen LogP contribution >= 0.6 is 0 Å². The number of carbonyl (C=O) groups excluding carboxylic acids is 2. The third-order valence-electron chi connectivity index (χ3n) is 2.46. The van der Waals surface area contributed by atoms with Gasteiger partial charge in [-0.1, -0.05) is 0 Å². The second kappa shape index (κ2) is 6.37. The molecule has 0 radical (unpaired) electrons. The van der Waals surface area contributed by atoms with E-state index in [1.54, 1.807) is 24.3 Å². The van der Waals surface area contributed by atoms with Crippen LogP contribution in [0.25, 0.3) is 0 Å². The van der Waals surface area contributed by atoms with Gasteiger partial charge in [0.15, 0.2) is 0 Å². The molecule has 0 fully saturated rings. The molecule has 4 nitrogen and oxygen atoms in total. The molecule has 19 heavy (non-hydrogen) atoms. The Morgan fingerprint density at radius 1 is 0.684 bits per heavy atom. The number of hydrogen-bond acceptors (Lipinski definition) is 4. The van der Waals surface area contributed by atoms with Gasteiger partial charge in [0.05, 0.1) is 0 Å². The van der Waals surface area contributed by atoms with Crippen LogP contribution in [0, 0.1) is 0 Å². The van der Waals surface area contributed by atoms with Crippen LogP contribution in [0.15, 0.2) is 60.7 Å². The molecular formula is C14H12O4Te. The summed E-state index contributed by atoms with van der Waals surface area (Å²) in [6.45, 7) is 0.704. The Balaban J connectivity index is 2.60. The quantitative estimate of drug-likeness (QED) is 0.551. The van der Waals surface area contributed by atoms with Gasteiger partial charge in [-0.15, -0.1) is 0 Å². The summed E-state index contributed by atoms with van der Waals surface area (Å²) >= 11 is -3.92. The molecule has 0 amide bonds. The molecule has 2 aromatic carbocycles. The molecule has 0 saturated heterocycles. The SMILES string of the molecule is O=CO[Te](OC=O)(c1ccccc1)c1ccccc1.